The fourth-order valence-corrected chi connectivity index (χ4v) is 4.61. The zero-order valence-corrected chi connectivity index (χ0v) is 18.7. The van der Waals surface area contributed by atoms with Gasteiger partial charge in [0.1, 0.15) is 0 Å². The van der Waals surface area contributed by atoms with E-state index in [1.165, 1.54) is 5.56 Å². The maximum Gasteiger partial charge on any atom is 0.243 e. The number of rotatable bonds is 6. The molecular weight excluding hydrogens is 441 g/mol. The second-order valence-electron chi connectivity index (χ2n) is 8.06. The van der Waals surface area contributed by atoms with Gasteiger partial charge in [-0.1, -0.05) is 77.8 Å². The van der Waals surface area contributed by atoms with E-state index >= 15 is 0 Å². The predicted octanol–water partition coefficient (Wildman–Crippen LogP) is 6.25. The third kappa shape index (κ3) is 4.29. The number of halogens is 2. The van der Waals surface area contributed by atoms with Gasteiger partial charge in [-0.15, -0.1) is 0 Å². The molecule has 1 aromatic heterocycles. The summed E-state index contributed by atoms with van der Waals surface area (Å²) < 4.78 is 2.12. The van der Waals surface area contributed by atoms with Crippen LogP contribution < -0.4 is 5.43 Å². The van der Waals surface area contributed by atoms with E-state index in [9.17, 15) is 4.79 Å². The van der Waals surface area contributed by atoms with Crippen molar-refractivity contribution in [2.24, 2.45) is 11.0 Å². The van der Waals surface area contributed by atoms with Crippen LogP contribution in [-0.2, 0) is 11.3 Å². The molecule has 32 heavy (non-hydrogen) atoms. The van der Waals surface area contributed by atoms with Crippen molar-refractivity contribution in [3.8, 4) is 0 Å². The number of benzene rings is 3. The van der Waals surface area contributed by atoms with Crippen LogP contribution in [0.5, 0.6) is 0 Å². The van der Waals surface area contributed by atoms with Gasteiger partial charge in [-0.25, -0.2) is 5.43 Å². The van der Waals surface area contributed by atoms with Crippen LogP contribution in [-0.4, -0.2) is 16.7 Å². The zero-order chi connectivity index (χ0) is 22.1. The fraction of sp³-hybridized carbons (Fsp3) is 0.154. The summed E-state index contributed by atoms with van der Waals surface area (Å²) in [7, 11) is 0. The summed E-state index contributed by atoms with van der Waals surface area (Å²) in [5, 5.41) is 6.56. The van der Waals surface area contributed by atoms with Gasteiger partial charge in [-0.05, 0) is 41.7 Å². The molecule has 4 aromatic rings. The summed E-state index contributed by atoms with van der Waals surface area (Å²) >= 11 is 12.4. The Labute approximate surface area is 196 Å². The number of nitrogens with zero attached hydrogens (tertiary/aromatic N) is 2. The standard InChI is InChI=1S/C26H21Cl2N3O/c27-20-11-10-18(24(28)12-20)15-31-16-19(21-8-4-5-9-25(21)31)14-29-30-26(32)23-13-22(23)17-6-2-1-3-7-17/h1-12,14,16,22-23H,13,15H2,(H,30,32). The van der Waals surface area contributed by atoms with Crippen LogP contribution in [0.2, 0.25) is 10.0 Å². The van der Waals surface area contributed by atoms with Crippen molar-refractivity contribution in [1.29, 1.82) is 0 Å². The van der Waals surface area contributed by atoms with E-state index in [0.717, 1.165) is 28.5 Å². The second kappa shape index (κ2) is 8.81. The zero-order valence-electron chi connectivity index (χ0n) is 17.2. The SMILES string of the molecule is O=C(NN=Cc1cn(Cc2ccc(Cl)cc2Cl)c2ccccc12)C1CC1c1ccccc1. The minimum Gasteiger partial charge on any atom is -0.342 e. The van der Waals surface area contributed by atoms with Gasteiger partial charge in [0.15, 0.2) is 0 Å². The van der Waals surface area contributed by atoms with Crippen LogP contribution in [0, 0.1) is 5.92 Å². The van der Waals surface area contributed by atoms with Crippen molar-refractivity contribution in [2.45, 2.75) is 18.9 Å². The number of para-hydroxylation sites is 1. The maximum atomic E-state index is 12.5. The van der Waals surface area contributed by atoms with Crippen molar-refractivity contribution >= 4 is 46.2 Å². The molecule has 5 rings (SSSR count). The van der Waals surface area contributed by atoms with Crippen molar-refractivity contribution in [2.75, 3.05) is 0 Å². The highest BCUT2D eigenvalue weighted by Gasteiger charge is 2.43. The number of nitrogens with one attached hydrogen (secondary N) is 1. The van der Waals surface area contributed by atoms with Crippen LogP contribution in [0.3, 0.4) is 0 Å². The molecule has 0 saturated heterocycles. The highest BCUT2D eigenvalue weighted by atomic mass is 35.5. The molecular formula is C26H21Cl2N3O. The Balaban J connectivity index is 1.31. The molecule has 2 atom stereocenters. The predicted molar refractivity (Wildman–Crippen MR) is 131 cm³/mol. The van der Waals surface area contributed by atoms with Crippen molar-refractivity contribution < 1.29 is 4.79 Å². The molecule has 3 aromatic carbocycles. The van der Waals surface area contributed by atoms with Crippen molar-refractivity contribution in [3.05, 3.63) is 106 Å². The Morgan fingerprint density at radius 3 is 2.66 bits per heavy atom. The highest BCUT2D eigenvalue weighted by Crippen LogP contribution is 2.47. The largest absolute Gasteiger partial charge is 0.342 e. The lowest BCUT2D eigenvalue weighted by molar-refractivity contribution is -0.122. The van der Waals surface area contributed by atoms with Crippen LogP contribution >= 0.6 is 23.2 Å². The first-order valence-electron chi connectivity index (χ1n) is 10.5. The third-order valence-electron chi connectivity index (χ3n) is 5.91. The number of hydrogen-bond acceptors (Lipinski definition) is 2. The van der Waals surface area contributed by atoms with Gasteiger partial charge < -0.3 is 4.57 Å². The van der Waals surface area contributed by atoms with Gasteiger partial charge in [0.05, 0.1) is 6.21 Å². The fourth-order valence-electron chi connectivity index (χ4n) is 4.14. The van der Waals surface area contributed by atoms with E-state index < -0.39 is 0 Å². The average Bonchev–Trinajstić information content (AvgIpc) is 3.54. The maximum absolute atomic E-state index is 12.5. The van der Waals surface area contributed by atoms with Crippen LogP contribution in [0.25, 0.3) is 10.9 Å². The first kappa shape index (κ1) is 20.8. The number of fused-ring (bicyclic) bond motifs is 1. The molecule has 0 radical (unpaired) electrons. The van der Waals surface area contributed by atoms with Crippen LogP contribution in [0.15, 0.2) is 84.1 Å². The van der Waals surface area contributed by atoms with Gasteiger partial charge in [0.2, 0.25) is 5.91 Å². The van der Waals surface area contributed by atoms with E-state index in [4.69, 9.17) is 23.2 Å². The molecule has 6 heteroatoms. The molecule has 0 spiro atoms. The minimum atomic E-state index is -0.0354. The number of hydrazone groups is 1. The molecule has 160 valence electrons. The lowest BCUT2D eigenvalue weighted by Gasteiger charge is -2.08. The van der Waals surface area contributed by atoms with E-state index in [2.05, 4.69) is 33.3 Å². The summed E-state index contributed by atoms with van der Waals surface area (Å²) in [5.74, 6) is 0.243. The smallest absolute Gasteiger partial charge is 0.243 e. The lowest BCUT2D eigenvalue weighted by atomic mass is 10.1. The van der Waals surface area contributed by atoms with Gasteiger partial charge in [-0.3, -0.25) is 4.79 Å². The first-order chi connectivity index (χ1) is 15.6. The van der Waals surface area contributed by atoms with Gasteiger partial charge >= 0.3 is 0 Å². The second-order valence-corrected chi connectivity index (χ2v) is 8.90. The number of amides is 1. The first-order valence-corrected chi connectivity index (χ1v) is 11.3. The molecule has 1 amide bonds. The molecule has 1 aliphatic rings. The number of hydrogen-bond donors (Lipinski definition) is 1. The molecule has 1 N–H and O–H groups in total. The van der Waals surface area contributed by atoms with Gasteiger partial charge in [0.25, 0.3) is 0 Å². The van der Waals surface area contributed by atoms with E-state index in [-0.39, 0.29) is 17.7 Å². The third-order valence-corrected chi connectivity index (χ3v) is 6.50. The number of carbonyl (C=O) groups is 1. The molecule has 4 nitrogen and oxygen atoms in total. The van der Waals surface area contributed by atoms with E-state index in [0.29, 0.717) is 16.6 Å². The van der Waals surface area contributed by atoms with Crippen LogP contribution in [0.1, 0.15) is 29.0 Å². The average molecular weight is 462 g/mol. The normalized spacial score (nSPS) is 17.7. The monoisotopic (exact) mass is 461 g/mol. The topological polar surface area (TPSA) is 46.4 Å². The molecule has 0 bridgehead atoms. The molecule has 2 unspecified atom stereocenters. The molecule has 1 fully saturated rings. The number of carbonyl (C=O) groups excluding carboxylic acids is 1. The Morgan fingerprint density at radius 1 is 1.06 bits per heavy atom. The number of aromatic nitrogens is 1. The van der Waals surface area contributed by atoms with Crippen LogP contribution in [0.4, 0.5) is 0 Å². The van der Waals surface area contributed by atoms with Gasteiger partial charge in [0, 0.05) is 45.2 Å². The molecule has 1 saturated carbocycles. The Bertz CT molecular complexity index is 1310. The quantitative estimate of drug-likeness (QED) is 0.267. The van der Waals surface area contributed by atoms with Gasteiger partial charge in [-0.2, -0.15) is 5.10 Å². The van der Waals surface area contributed by atoms with Crippen molar-refractivity contribution in [3.63, 3.8) is 0 Å². The summed E-state index contributed by atoms with van der Waals surface area (Å²) in [6, 6.07) is 23.8. The summed E-state index contributed by atoms with van der Waals surface area (Å²) in [6.45, 7) is 0.609. The summed E-state index contributed by atoms with van der Waals surface area (Å²) in [6.07, 6.45) is 4.60. The Hall–Kier alpha value is -3.08. The highest BCUT2D eigenvalue weighted by molar-refractivity contribution is 6.35. The Morgan fingerprint density at radius 2 is 1.84 bits per heavy atom. The van der Waals surface area contributed by atoms with Crippen molar-refractivity contribution in [1.82, 2.24) is 9.99 Å². The molecule has 0 aliphatic heterocycles. The molecule has 1 heterocycles. The molecule has 1 aliphatic carbocycles. The van der Waals surface area contributed by atoms with E-state index in [1.807, 2.05) is 54.7 Å². The summed E-state index contributed by atoms with van der Waals surface area (Å²) in [5.41, 5.74) is 6.91. The Kier molecular flexibility index (Phi) is 5.73. The minimum absolute atomic E-state index is 0.0112. The van der Waals surface area contributed by atoms with E-state index in [1.54, 1.807) is 12.3 Å². The summed E-state index contributed by atoms with van der Waals surface area (Å²) in [4.78, 5) is 12.5. The lowest BCUT2D eigenvalue weighted by Crippen LogP contribution is -2.20.